The number of hydrogen-bond donors (Lipinski definition) is 2. The number of carboxylic acid groups (broad SMARTS) is 1. The van der Waals surface area contributed by atoms with Crippen molar-refractivity contribution in [2.45, 2.75) is 26.3 Å². The predicted molar refractivity (Wildman–Crippen MR) is 69.6 cm³/mol. The largest absolute Gasteiger partial charge is 0.475 e. The third-order valence-corrected chi connectivity index (χ3v) is 2.76. The lowest BCUT2D eigenvalue weighted by atomic mass is 10.1. The Morgan fingerprint density at radius 1 is 1.30 bits per heavy atom. The van der Waals surface area contributed by atoms with Crippen molar-refractivity contribution in [2.75, 3.05) is 0 Å². The molecule has 1 amide bonds. The van der Waals surface area contributed by atoms with Gasteiger partial charge in [-0.3, -0.25) is 4.79 Å². The molecule has 0 bridgehead atoms. The van der Waals surface area contributed by atoms with Crippen LogP contribution in [0.4, 0.5) is 0 Å². The van der Waals surface area contributed by atoms with Gasteiger partial charge in [0.25, 0.3) is 5.91 Å². The van der Waals surface area contributed by atoms with Crippen LogP contribution in [0.2, 0.25) is 0 Å². The summed E-state index contributed by atoms with van der Waals surface area (Å²) in [5.74, 6) is -0.470. The number of rotatable bonds is 5. The second-order valence-corrected chi connectivity index (χ2v) is 4.61. The first-order chi connectivity index (χ1) is 9.49. The minimum Gasteiger partial charge on any atom is -0.475 e. The second-order valence-electron chi connectivity index (χ2n) is 4.61. The van der Waals surface area contributed by atoms with Crippen LogP contribution in [0.15, 0.2) is 33.3 Å². The third kappa shape index (κ3) is 2.90. The van der Waals surface area contributed by atoms with Crippen molar-refractivity contribution in [3.63, 3.8) is 0 Å². The smallest absolute Gasteiger partial charge is 0.371 e. The van der Waals surface area contributed by atoms with Crippen LogP contribution in [0.5, 0.6) is 0 Å². The highest BCUT2D eigenvalue weighted by molar-refractivity contribution is 5.95. The molecule has 0 aliphatic rings. The van der Waals surface area contributed by atoms with Gasteiger partial charge in [0.15, 0.2) is 0 Å². The molecule has 0 saturated carbocycles. The zero-order valence-corrected chi connectivity index (χ0v) is 11.2. The summed E-state index contributed by atoms with van der Waals surface area (Å²) in [5.41, 5.74) is 0.477. The first-order valence-electron chi connectivity index (χ1n) is 6.16. The molecule has 6 nitrogen and oxygen atoms in total. The molecule has 6 heteroatoms. The minimum absolute atomic E-state index is 0.105. The predicted octanol–water partition coefficient (Wildman–Crippen LogP) is 2.62. The molecule has 106 valence electrons. The number of hydrogen-bond acceptors (Lipinski definition) is 4. The topological polar surface area (TPSA) is 92.7 Å². The van der Waals surface area contributed by atoms with E-state index in [1.54, 1.807) is 6.07 Å². The van der Waals surface area contributed by atoms with Gasteiger partial charge in [0.1, 0.15) is 11.5 Å². The highest BCUT2D eigenvalue weighted by Crippen LogP contribution is 2.20. The average Bonchev–Trinajstić information content (AvgIpc) is 3.04. The Bertz CT molecular complexity index is 623. The van der Waals surface area contributed by atoms with Gasteiger partial charge in [-0.05, 0) is 18.2 Å². The summed E-state index contributed by atoms with van der Waals surface area (Å²) >= 11 is 0. The molecule has 0 unspecified atom stereocenters. The summed E-state index contributed by atoms with van der Waals surface area (Å²) in [6.07, 6.45) is 1.47. The molecule has 0 atom stereocenters. The molecule has 2 N–H and O–H groups in total. The molecule has 2 aromatic heterocycles. The lowest BCUT2D eigenvalue weighted by Gasteiger charge is -2.06. The van der Waals surface area contributed by atoms with E-state index in [4.69, 9.17) is 13.9 Å². The van der Waals surface area contributed by atoms with Crippen LogP contribution < -0.4 is 5.32 Å². The fraction of sp³-hybridized carbons (Fsp3) is 0.286. The van der Waals surface area contributed by atoms with E-state index in [1.165, 1.54) is 18.4 Å². The Balaban J connectivity index is 2.01. The molecular formula is C14H15NO5. The van der Waals surface area contributed by atoms with Gasteiger partial charge in [0, 0.05) is 5.92 Å². The first kappa shape index (κ1) is 13.9. The Hall–Kier alpha value is -2.50. The van der Waals surface area contributed by atoms with Crippen molar-refractivity contribution in [1.29, 1.82) is 0 Å². The molecule has 0 aliphatic heterocycles. The fourth-order valence-corrected chi connectivity index (χ4v) is 1.81. The van der Waals surface area contributed by atoms with E-state index in [1.807, 2.05) is 13.8 Å². The van der Waals surface area contributed by atoms with Crippen LogP contribution in [0.25, 0.3) is 0 Å². The average molecular weight is 277 g/mol. The highest BCUT2D eigenvalue weighted by atomic mass is 16.4. The molecule has 2 aromatic rings. The van der Waals surface area contributed by atoms with Gasteiger partial charge in [-0.25, -0.2) is 4.79 Å². The van der Waals surface area contributed by atoms with Gasteiger partial charge in [0.2, 0.25) is 5.76 Å². The SMILES string of the molecule is CC(C)c1occc1C(=O)NCc1ccc(C(=O)O)o1. The molecule has 0 radical (unpaired) electrons. The van der Waals surface area contributed by atoms with E-state index in [0.717, 1.165) is 0 Å². The molecule has 0 aromatic carbocycles. The Morgan fingerprint density at radius 3 is 2.65 bits per heavy atom. The minimum atomic E-state index is -1.14. The van der Waals surface area contributed by atoms with Crippen LogP contribution in [0.3, 0.4) is 0 Å². The summed E-state index contributed by atoms with van der Waals surface area (Å²) < 4.78 is 10.3. The van der Waals surface area contributed by atoms with Gasteiger partial charge in [-0.15, -0.1) is 0 Å². The Kier molecular flexibility index (Phi) is 3.93. The summed E-state index contributed by atoms with van der Waals surface area (Å²) in [5, 5.41) is 11.4. The van der Waals surface area contributed by atoms with Crippen LogP contribution in [-0.4, -0.2) is 17.0 Å². The lowest BCUT2D eigenvalue weighted by Crippen LogP contribution is -2.23. The maximum Gasteiger partial charge on any atom is 0.371 e. The summed E-state index contributed by atoms with van der Waals surface area (Å²) in [6, 6.07) is 4.47. The Morgan fingerprint density at radius 2 is 2.05 bits per heavy atom. The van der Waals surface area contributed by atoms with Crippen molar-refractivity contribution in [2.24, 2.45) is 0 Å². The summed E-state index contributed by atoms with van der Waals surface area (Å²) in [7, 11) is 0. The molecule has 0 fully saturated rings. The normalized spacial score (nSPS) is 10.8. The number of furan rings is 2. The van der Waals surface area contributed by atoms with Crippen LogP contribution >= 0.6 is 0 Å². The number of carbonyl (C=O) groups is 2. The number of carbonyl (C=O) groups excluding carboxylic acids is 1. The molecule has 0 saturated heterocycles. The van der Waals surface area contributed by atoms with Crippen molar-refractivity contribution >= 4 is 11.9 Å². The van der Waals surface area contributed by atoms with E-state index < -0.39 is 5.97 Å². The maximum atomic E-state index is 12.0. The molecule has 20 heavy (non-hydrogen) atoms. The maximum absolute atomic E-state index is 12.0. The van der Waals surface area contributed by atoms with Crippen molar-refractivity contribution in [3.8, 4) is 0 Å². The van der Waals surface area contributed by atoms with E-state index >= 15 is 0 Å². The van der Waals surface area contributed by atoms with Crippen molar-refractivity contribution < 1.29 is 23.5 Å². The van der Waals surface area contributed by atoms with Crippen LogP contribution in [0.1, 0.15) is 52.2 Å². The molecule has 0 aliphatic carbocycles. The quantitative estimate of drug-likeness (QED) is 0.876. The zero-order chi connectivity index (χ0) is 14.7. The Labute approximate surface area is 115 Å². The zero-order valence-electron chi connectivity index (χ0n) is 11.2. The van der Waals surface area contributed by atoms with Gasteiger partial charge in [-0.1, -0.05) is 13.8 Å². The van der Waals surface area contributed by atoms with Crippen LogP contribution in [-0.2, 0) is 6.54 Å². The van der Waals surface area contributed by atoms with Crippen molar-refractivity contribution in [3.05, 3.63) is 47.3 Å². The number of carboxylic acids is 1. The van der Waals surface area contributed by atoms with Gasteiger partial charge < -0.3 is 19.3 Å². The van der Waals surface area contributed by atoms with E-state index in [0.29, 0.717) is 17.1 Å². The highest BCUT2D eigenvalue weighted by Gasteiger charge is 2.17. The molecular weight excluding hydrogens is 262 g/mol. The van der Waals surface area contributed by atoms with E-state index in [2.05, 4.69) is 5.32 Å². The fourth-order valence-electron chi connectivity index (χ4n) is 1.81. The molecule has 2 rings (SSSR count). The lowest BCUT2D eigenvalue weighted by molar-refractivity contribution is 0.0660. The summed E-state index contributed by atoms with van der Waals surface area (Å²) in [6.45, 7) is 3.98. The van der Waals surface area contributed by atoms with Gasteiger partial charge in [-0.2, -0.15) is 0 Å². The standard InChI is InChI=1S/C14H15NO5/c1-8(2)12-10(5-6-19-12)13(16)15-7-9-3-4-11(20-9)14(17)18/h3-6,8H,7H2,1-2H3,(H,15,16)(H,17,18). The molecule has 2 heterocycles. The number of aromatic carboxylic acids is 1. The first-order valence-corrected chi connectivity index (χ1v) is 6.16. The second kappa shape index (κ2) is 5.64. The van der Waals surface area contributed by atoms with Crippen LogP contribution in [0, 0.1) is 0 Å². The molecule has 0 spiro atoms. The number of nitrogens with one attached hydrogen (secondary N) is 1. The number of amides is 1. The monoisotopic (exact) mass is 277 g/mol. The third-order valence-electron chi connectivity index (χ3n) is 2.76. The van der Waals surface area contributed by atoms with E-state index in [9.17, 15) is 9.59 Å². The van der Waals surface area contributed by atoms with Gasteiger partial charge >= 0.3 is 5.97 Å². The van der Waals surface area contributed by atoms with Crippen molar-refractivity contribution in [1.82, 2.24) is 5.32 Å². The van der Waals surface area contributed by atoms with E-state index in [-0.39, 0.29) is 24.1 Å². The van der Waals surface area contributed by atoms with Gasteiger partial charge in [0.05, 0.1) is 18.4 Å². The summed E-state index contributed by atoms with van der Waals surface area (Å²) in [4.78, 5) is 22.7.